The molecule has 20 heavy (non-hydrogen) atoms. The molecule has 2 N–H and O–H groups in total. The molecule has 0 bridgehead atoms. The van der Waals surface area contributed by atoms with Gasteiger partial charge in [0.25, 0.3) is 0 Å². The van der Waals surface area contributed by atoms with Gasteiger partial charge in [0, 0.05) is 16.7 Å². The molecule has 108 valence electrons. The molecule has 1 fully saturated rings. The van der Waals surface area contributed by atoms with Crippen molar-refractivity contribution in [2.45, 2.75) is 32.2 Å². The van der Waals surface area contributed by atoms with E-state index in [2.05, 4.69) is 21.2 Å². The summed E-state index contributed by atoms with van der Waals surface area (Å²) in [7, 11) is 0. The topological polar surface area (TPSA) is 69.6 Å². The van der Waals surface area contributed by atoms with Gasteiger partial charge in [-0.3, -0.25) is 0 Å². The van der Waals surface area contributed by atoms with E-state index in [1.54, 1.807) is 13.0 Å². The highest BCUT2D eigenvalue weighted by atomic mass is 79.9. The summed E-state index contributed by atoms with van der Waals surface area (Å²) in [5, 5.41) is 12.1. The van der Waals surface area contributed by atoms with E-state index in [1.807, 2.05) is 19.1 Å². The summed E-state index contributed by atoms with van der Waals surface area (Å²) in [5.41, 5.74) is 0.477. The van der Waals surface area contributed by atoms with Crippen molar-refractivity contribution in [2.24, 2.45) is 0 Å². The van der Waals surface area contributed by atoms with Gasteiger partial charge in [0.2, 0.25) is 0 Å². The largest absolute Gasteiger partial charge is 0.480 e. The van der Waals surface area contributed by atoms with Crippen molar-refractivity contribution in [2.75, 3.05) is 11.9 Å². The number of rotatable bonds is 2. The molecule has 1 unspecified atom stereocenters. The van der Waals surface area contributed by atoms with Gasteiger partial charge in [0.15, 0.2) is 0 Å². The third-order valence-electron chi connectivity index (χ3n) is 3.86. The summed E-state index contributed by atoms with van der Waals surface area (Å²) in [4.78, 5) is 25.1. The molecular weight excluding hydrogens is 324 g/mol. The van der Waals surface area contributed by atoms with E-state index < -0.39 is 11.5 Å². The van der Waals surface area contributed by atoms with Gasteiger partial charge < -0.3 is 15.3 Å². The highest BCUT2D eigenvalue weighted by Crippen LogP contribution is 2.31. The van der Waals surface area contributed by atoms with Gasteiger partial charge in [-0.05, 0) is 44.4 Å². The van der Waals surface area contributed by atoms with Gasteiger partial charge in [-0.25, -0.2) is 9.59 Å². The van der Waals surface area contributed by atoms with Crippen LogP contribution in [0.1, 0.15) is 25.3 Å². The predicted molar refractivity (Wildman–Crippen MR) is 79.9 cm³/mol. The average Bonchev–Trinajstić information content (AvgIpc) is 2.78. The minimum atomic E-state index is -1.12. The fourth-order valence-corrected chi connectivity index (χ4v) is 2.80. The van der Waals surface area contributed by atoms with E-state index in [0.29, 0.717) is 25.1 Å². The van der Waals surface area contributed by atoms with Crippen LogP contribution in [0.2, 0.25) is 0 Å². The number of carboxylic acids is 1. The second-order valence-electron chi connectivity index (χ2n) is 5.18. The van der Waals surface area contributed by atoms with E-state index in [-0.39, 0.29) is 6.03 Å². The zero-order chi connectivity index (χ0) is 14.9. The third kappa shape index (κ3) is 2.52. The van der Waals surface area contributed by atoms with Crippen LogP contribution < -0.4 is 5.32 Å². The predicted octanol–water partition coefficient (Wildman–Crippen LogP) is 3.23. The van der Waals surface area contributed by atoms with Crippen LogP contribution in [-0.4, -0.2) is 34.1 Å². The van der Waals surface area contributed by atoms with E-state index in [4.69, 9.17) is 0 Å². The number of nitrogens with zero attached hydrogens (tertiary/aromatic N) is 1. The number of nitrogens with one attached hydrogen (secondary N) is 1. The molecule has 1 aliphatic heterocycles. The molecule has 2 amide bonds. The Morgan fingerprint density at radius 3 is 2.80 bits per heavy atom. The van der Waals surface area contributed by atoms with Crippen LogP contribution in [-0.2, 0) is 4.79 Å². The van der Waals surface area contributed by atoms with Crippen molar-refractivity contribution in [1.29, 1.82) is 0 Å². The monoisotopic (exact) mass is 340 g/mol. The van der Waals surface area contributed by atoms with Gasteiger partial charge in [-0.2, -0.15) is 0 Å². The molecule has 1 atom stereocenters. The Balaban J connectivity index is 2.20. The lowest BCUT2D eigenvalue weighted by molar-refractivity contribution is -0.146. The number of urea groups is 1. The van der Waals surface area contributed by atoms with Crippen LogP contribution in [0.4, 0.5) is 10.5 Å². The highest BCUT2D eigenvalue weighted by molar-refractivity contribution is 9.10. The lowest BCUT2D eigenvalue weighted by atomic mass is 10.00. The molecule has 6 heteroatoms. The van der Waals surface area contributed by atoms with Gasteiger partial charge in [0.05, 0.1) is 0 Å². The first-order chi connectivity index (χ1) is 9.36. The molecular formula is C14H17BrN2O3. The molecule has 1 heterocycles. The second-order valence-corrected chi connectivity index (χ2v) is 6.03. The number of likely N-dealkylation sites (tertiary alicyclic amines) is 1. The van der Waals surface area contributed by atoms with E-state index in [9.17, 15) is 14.7 Å². The zero-order valence-electron chi connectivity index (χ0n) is 11.4. The Hall–Kier alpha value is -1.56. The van der Waals surface area contributed by atoms with Gasteiger partial charge in [0.1, 0.15) is 5.54 Å². The summed E-state index contributed by atoms with van der Waals surface area (Å²) < 4.78 is 0.901. The fraction of sp³-hybridized carbons (Fsp3) is 0.429. The highest BCUT2D eigenvalue weighted by Gasteiger charge is 2.46. The number of carboxylic acid groups (broad SMARTS) is 1. The summed E-state index contributed by atoms with van der Waals surface area (Å²) >= 11 is 3.41. The standard InChI is InChI=1S/C14H17BrN2O3/c1-9-10(15)5-3-6-11(9)16-13(20)17-8-4-7-14(17,2)12(18)19/h3,5-6H,4,7-8H2,1-2H3,(H,16,20)(H,18,19). The number of anilines is 1. The van der Waals surface area contributed by atoms with Gasteiger partial charge in [-0.15, -0.1) is 0 Å². The first-order valence-corrected chi connectivity index (χ1v) is 7.22. The van der Waals surface area contributed by atoms with Crippen LogP contribution in [0.25, 0.3) is 0 Å². The maximum atomic E-state index is 12.3. The summed E-state index contributed by atoms with van der Waals surface area (Å²) in [6.45, 7) is 3.94. The van der Waals surface area contributed by atoms with Crippen molar-refractivity contribution in [1.82, 2.24) is 4.90 Å². The van der Waals surface area contributed by atoms with Crippen LogP contribution in [0.15, 0.2) is 22.7 Å². The number of carbonyl (C=O) groups is 2. The average molecular weight is 341 g/mol. The smallest absolute Gasteiger partial charge is 0.329 e. The van der Waals surface area contributed by atoms with Crippen LogP contribution in [0.3, 0.4) is 0 Å². The number of hydrogen-bond donors (Lipinski definition) is 2. The van der Waals surface area contributed by atoms with E-state index in [1.165, 1.54) is 4.90 Å². The first-order valence-electron chi connectivity index (χ1n) is 6.43. The molecule has 1 aromatic carbocycles. The number of benzene rings is 1. The minimum absolute atomic E-state index is 0.367. The van der Waals surface area contributed by atoms with Crippen LogP contribution >= 0.6 is 15.9 Å². The molecule has 0 spiro atoms. The Kier molecular flexibility index (Phi) is 4.04. The quantitative estimate of drug-likeness (QED) is 0.868. The molecule has 0 radical (unpaired) electrons. The third-order valence-corrected chi connectivity index (χ3v) is 4.72. The maximum absolute atomic E-state index is 12.3. The SMILES string of the molecule is Cc1c(Br)cccc1NC(=O)N1CCCC1(C)C(=O)O. The molecule has 1 aliphatic rings. The molecule has 5 nitrogen and oxygen atoms in total. The zero-order valence-corrected chi connectivity index (χ0v) is 13.0. The summed E-state index contributed by atoms with van der Waals surface area (Å²) in [5.74, 6) is -0.962. The number of hydrogen-bond acceptors (Lipinski definition) is 2. The van der Waals surface area contributed by atoms with Crippen LogP contribution in [0.5, 0.6) is 0 Å². The lowest BCUT2D eigenvalue weighted by Crippen LogP contribution is -2.52. The number of aliphatic carboxylic acids is 1. The molecule has 2 rings (SSSR count). The van der Waals surface area contributed by atoms with Crippen molar-refractivity contribution in [3.63, 3.8) is 0 Å². The van der Waals surface area contributed by atoms with Crippen molar-refractivity contribution in [3.05, 3.63) is 28.2 Å². The van der Waals surface area contributed by atoms with Crippen molar-refractivity contribution in [3.8, 4) is 0 Å². The first kappa shape index (κ1) is 14.8. The molecule has 0 saturated carbocycles. The Morgan fingerprint density at radius 2 is 2.15 bits per heavy atom. The molecule has 1 saturated heterocycles. The molecule has 1 aromatic rings. The molecule has 0 aromatic heterocycles. The van der Waals surface area contributed by atoms with E-state index in [0.717, 1.165) is 10.0 Å². The number of amides is 2. The van der Waals surface area contributed by atoms with Crippen molar-refractivity contribution < 1.29 is 14.7 Å². The van der Waals surface area contributed by atoms with Gasteiger partial charge >= 0.3 is 12.0 Å². The maximum Gasteiger partial charge on any atom is 0.329 e. The summed E-state index contributed by atoms with van der Waals surface area (Å²) in [6, 6.07) is 5.15. The number of carbonyl (C=O) groups excluding carboxylic acids is 1. The normalized spacial score (nSPS) is 21.9. The van der Waals surface area contributed by atoms with Crippen LogP contribution in [0, 0.1) is 6.92 Å². The second kappa shape index (κ2) is 5.44. The Labute approximate surface area is 126 Å². The summed E-state index contributed by atoms with van der Waals surface area (Å²) in [6.07, 6.45) is 1.18. The van der Waals surface area contributed by atoms with E-state index >= 15 is 0 Å². The fourth-order valence-electron chi connectivity index (χ4n) is 2.44. The number of halogens is 1. The molecule has 0 aliphatic carbocycles. The van der Waals surface area contributed by atoms with Crippen molar-refractivity contribution >= 4 is 33.6 Å². The van der Waals surface area contributed by atoms with Gasteiger partial charge in [-0.1, -0.05) is 22.0 Å². The Morgan fingerprint density at radius 1 is 1.45 bits per heavy atom. The lowest BCUT2D eigenvalue weighted by Gasteiger charge is -2.31. The Bertz CT molecular complexity index is 561. The minimum Gasteiger partial charge on any atom is -0.480 e.